The lowest BCUT2D eigenvalue weighted by atomic mass is 10.2. The number of rotatable bonds is 6. The molecule has 2 heterocycles. The number of carbonyl (C=O) groups excluding carboxylic acids is 1. The Hall–Kier alpha value is -2.24. The smallest absolute Gasteiger partial charge is 0.220 e. The van der Waals surface area contributed by atoms with Crippen molar-refractivity contribution < 1.29 is 4.79 Å². The Morgan fingerprint density at radius 3 is 3.05 bits per heavy atom. The Bertz CT molecular complexity index is 524. The second kappa shape index (κ2) is 6.63. The van der Waals surface area contributed by atoms with Crippen molar-refractivity contribution in [2.45, 2.75) is 32.9 Å². The molecule has 0 spiro atoms. The summed E-state index contributed by atoms with van der Waals surface area (Å²) in [7, 11) is 0. The van der Waals surface area contributed by atoms with Gasteiger partial charge in [0, 0.05) is 18.7 Å². The van der Waals surface area contributed by atoms with Crippen LogP contribution in [-0.2, 0) is 17.9 Å². The molecule has 0 fully saturated rings. The fourth-order valence-electron chi connectivity index (χ4n) is 1.73. The van der Waals surface area contributed by atoms with Crippen LogP contribution in [0.3, 0.4) is 0 Å². The van der Waals surface area contributed by atoms with Gasteiger partial charge in [-0.2, -0.15) is 5.10 Å². The largest absolute Gasteiger partial charge is 0.350 e. The lowest BCUT2D eigenvalue weighted by Gasteiger charge is -2.05. The van der Waals surface area contributed by atoms with Crippen LogP contribution in [0.5, 0.6) is 0 Å². The van der Waals surface area contributed by atoms with Crippen molar-refractivity contribution >= 4 is 5.91 Å². The molecule has 0 atom stereocenters. The van der Waals surface area contributed by atoms with E-state index < -0.39 is 0 Å². The number of nitrogens with zero attached hydrogens (tertiary/aromatic N) is 4. The van der Waals surface area contributed by atoms with Gasteiger partial charge in [-0.15, -0.1) is 0 Å². The molecule has 1 amide bonds. The molecule has 1 N–H and O–H groups in total. The molecular weight excluding hydrogens is 242 g/mol. The van der Waals surface area contributed by atoms with Gasteiger partial charge in [0.15, 0.2) is 0 Å². The van der Waals surface area contributed by atoms with Crippen molar-refractivity contribution in [1.29, 1.82) is 0 Å². The minimum Gasteiger partial charge on any atom is -0.350 e. The molecule has 0 radical (unpaired) electrons. The lowest BCUT2D eigenvalue weighted by Crippen LogP contribution is -2.23. The highest BCUT2D eigenvalue weighted by molar-refractivity contribution is 5.75. The van der Waals surface area contributed by atoms with E-state index in [0.717, 1.165) is 17.8 Å². The first-order chi connectivity index (χ1) is 9.24. The van der Waals surface area contributed by atoms with Gasteiger partial charge in [0.05, 0.1) is 12.2 Å². The highest BCUT2D eigenvalue weighted by Crippen LogP contribution is 1.98. The molecule has 0 saturated carbocycles. The molecule has 0 saturated heterocycles. The predicted octanol–water partition coefficient (Wildman–Crippen LogP) is 1.08. The van der Waals surface area contributed by atoms with E-state index in [1.165, 1.54) is 6.33 Å². The molecule has 6 nitrogen and oxygen atoms in total. The van der Waals surface area contributed by atoms with Crippen LogP contribution >= 0.6 is 0 Å². The van der Waals surface area contributed by atoms with Crippen molar-refractivity contribution in [2.75, 3.05) is 0 Å². The van der Waals surface area contributed by atoms with Gasteiger partial charge in [0.1, 0.15) is 12.7 Å². The zero-order valence-electron chi connectivity index (χ0n) is 10.9. The normalized spacial score (nSPS) is 10.4. The summed E-state index contributed by atoms with van der Waals surface area (Å²) in [6, 6.07) is 5.78. The summed E-state index contributed by atoms with van der Waals surface area (Å²) in [6.45, 7) is 3.11. The van der Waals surface area contributed by atoms with Crippen LogP contribution in [0.1, 0.15) is 24.2 Å². The number of nitrogens with one attached hydrogen (secondary N) is 1. The molecule has 100 valence electrons. The topological polar surface area (TPSA) is 72.7 Å². The van der Waals surface area contributed by atoms with E-state index in [1.807, 2.05) is 25.1 Å². The molecule has 0 bridgehead atoms. The molecule has 19 heavy (non-hydrogen) atoms. The summed E-state index contributed by atoms with van der Waals surface area (Å²) >= 11 is 0. The third-order valence-corrected chi connectivity index (χ3v) is 2.67. The number of hydrogen-bond acceptors (Lipinski definition) is 4. The maximum absolute atomic E-state index is 11.6. The van der Waals surface area contributed by atoms with Gasteiger partial charge in [-0.1, -0.05) is 6.07 Å². The summed E-state index contributed by atoms with van der Waals surface area (Å²) in [5.41, 5.74) is 1.84. The Kier molecular flexibility index (Phi) is 4.60. The molecule has 0 aliphatic carbocycles. The van der Waals surface area contributed by atoms with Gasteiger partial charge in [-0.25, -0.2) is 4.98 Å². The van der Waals surface area contributed by atoms with E-state index in [1.54, 1.807) is 11.0 Å². The summed E-state index contributed by atoms with van der Waals surface area (Å²) in [4.78, 5) is 19.8. The summed E-state index contributed by atoms with van der Waals surface area (Å²) in [5, 5.41) is 6.84. The van der Waals surface area contributed by atoms with Gasteiger partial charge in [-0.3, -0.25) is 14.5 Å². The van der Waals surface area contributed by atoms with E-state index in [4.69, 9.17) is 0 Å². The highest BCUT2D eigenvalue weighted by atomic mass is 16.1. The van der Waals surface area contributed by atoms with E-state index in [9.17, 15) is 4.79 Å². The zero-order chi connectivity index (χ0) is 13.5. The standard InChI is InChI=1S/C13H17N5O/c1-11-4-2-5-12(17-11)8-15-13(19)6-3-7-18-10-14-9-16-18/h2,4-5,9-10H,3,6-8H2,1H3,(H,15,19). The highest BCUT2D eigenvalue weighted by Gasteiger charge is 2.02. The lowest BCUT2D eigenvalue weighted by molar-refractivity contribution is -0.121. The summed E-state index contributed by atoms with van der Waals surface area (Å²) < 4.78 is 1.72. The maximum atomic E-state index is 11.6. The van der Waals surface area contributed by atoms with Crippen molar-refractivity contribution in [1.82, 2.24) is 25.1 Å². The fourth-order valence-corrected chi connectivity index (χ4v) is 1.73. The van der Waals surface area contributed by atoms with Crippen molar-refractivity contribution in [3.8, 4) is 0 Å². The molecule has 2 aromatic heterocycles. The van der Waals surface area contributed by atoms with Gasteiger partial charge >= 0.3 is 0 Å². The monoisotopic (exact) mass is 259 g/mol. The number of hydrogen-bond donors (Lipinski definition) is 1. The molecule has 0 aromatic carbocycles. The van der Waals surface area contributed by atoms with E-state index in [2.05, 4.69) is 20.4 Å². The van der Waals surface area contributed by atoms with Gasteiger partial charge in [0.25, 0.3) is 0 Å². The number of pyridine rings is 1. The summed E-state index contributed by atoms with van der Waals surface area (Å²) in [6.07, 6.45) is 4.36. The Morgan fingerprint density at radius 2 is 2.32 bits per heavy atom. The number of carbonyl (C=O) groups is 1. The minimum absolute atomic E-state index is 0.0309. The predicted molar refractivity (Wildman–Crippen MR) is 70.1 cm³/mol. The Balaban J connectivity index is 1.67. The zero-order valence-corrected chi connectivity index (χ0v) is 10.9. The first kappa shape index (κ1) is 13.2. The van der Waals surface area contributed by atoms with Gasteiger partial charge in [0.2, 0.25) is 5.91 Å². The SMILES string of the molecule is Cc1cccc(CNC(=O)CCCn2cncn2)n1. The molecule has 6 heteroatoms. The molecular formula is C13H17N5O. The number of aromatic nitrogens is 4. The van der Waals surface area contributed by atoms with E-state index in [0.29, 0.717) is 19.5 Å². The second-order valence-electron chi connectivity index (χ2n) is 4.31. The molecule has 0 unspecified atom stereocenters. The Morgan fingerprint density at radius 1 is 1.42 bits per heavy atom. The van der Waals surface area contributed by atoms with Crippen LogP contribution < -0.4 is 5.32 Å². The minimum atomic E-state index is 0.0309. The van der Waals surface area contributed by atoms with E-state index in [-0.39, 0.29) is 5.91 Å². The number of amides is 1. The third kappa shape index (κ3) is 4.50. The van der Waals surface area contributed by atoms with Crippen molar-refractivity contribution in [2.24, 2.45) is 0 Å². The third-order valence-electron chi connectivity index (χ3n) is 2.67. The van der Waals surface area contributed by atoms with E-state index >= 15 is 0 Å². The van der Waals surface area contributed by atoms with Crippen LogP contribution in [0, 0.1) is 6.92 Å². The van der Waals surface area contributed by atoms with Crippen LogP contribution in [0.4, 0.5) is 0 Å². The van der Waals surface area contributed by atoms with Crippen LogP contribution in [-0.4, -0.2) is 25.7 Å². The summed E-state index contributed by atoms with van der Waals surface area (Å²) in [5.74, 6) is 0.0309. The van der Waals surface area contributed by atoms with Crippen LogP contribution in [0.2, 0.25) is 0 Å². The molecule has 2 rings (SSSR count). The molecule has 2 aromatic rings. The van der Waals surface area contributed by atoms with Crippen molar-refractivity contribution in [3.63, 3.8) is 0 Å². The van der Waals surface area contributed by atoms with Gasteiger partial charge < -0.3 is 5.32 Å². The fraction of sp³-hybridized carbons (Fsp3) is 0.385. The van der Waals surface area contributed by atoms with Crippen LogP contribution in [0.25, 0.3) is 0 Å². The first-order valence-electron chi connectivity index (χ1n) is 6.26. The first-order valence-corrected chi connectivity index (χ1v) is 6.26. The van der Waals surface area contributed by atoms with Gasteiger partial charge in [-0.05, 0) is 25.5 Å². The average molecular weight is 259 g/mol. The van der Waals surface area contributed by atoms with Crippen molar-refractivity contribution in [3.05, 3.63) is 42.2 Å². The maximum Gasteiger partial charge on any atom is 0.220 e. The second-order valence-corrected chi connectivity index (χ2v) is 4.31. The quantitative estimate of drug-likeness (QED) is 0.842. The molecule has 0 aliphatic rings. The number of aryl methyl sites for hydroxylation is 2. The Labute approximate surface area is 111 Å². The molecule has 0 aliphatic heterocycles. The average Bonchev–Trinajstić information content (AvgIpc) is 2.90. The van der Waals surface area contributed by atoms with Crippen LogP contribution in [0.15, 0.2) is 30.9 Å².